The summed E-state index contributed by atoms with van der Waals surface area (Å²) in [6.45, 7) is 2.08. The first-order valence-corrected chi connectivity index (χ1v) is 13.2. The number of alkyl carbamates (subject to hydrolysis) is 1. The second-order valence-corrected chi connectivity index (χ2v) is 9.69. The van der Waals surface area contributed by atoms with Crippen molar-refractivity contribution in [1.29, 1.82) is 0 Å². The molecular formula is C31H29NO9. The molecule has 41 heavy (non-hydrogen) atoms. The maximum atomic E-state index is 13.1. The fraction of sp³-hybridized carbons (Fsp3) is 0.290. The Balaban J connectivity index is 1.31. The zero-order valence-corrected chi connectivity index (χ0v) is 22.5. The van der Waals surface area contributed by atoms with Crippen molar-refractivity contribution in [2.75, 3.05) is 13.2 Å². The maximum Gasteiger partial charge on any atom is 0.407 e. The van der Waals surface area contributed by atoms with Gasteiger partial charge in [0.25, 0.3) is 0 Å². The largest absolute Gasteiger partial charge is 0.459 e. The van der Waals surface area contributed by atoms with Crippen LogP contribution in [0.4, 0.5) is 4.79 Å². The van der Waals surface area contributed by atoms with Crippen molar-refractivity contribution in [3.05, 3.63) is 95.6 Å². The van der Waals surface area contributed by atoms with Crippen molar-refractivity contribution in [2.45, 2.75) is 44.3 Å². The van der Waals surface area contributed by atoms with E-state index in [2.05, 4.69) is 5.32 Å². The maximum absolute atomic E-state index is 13.1. The lowest BCUT2D eigenvalue weighted by atomic mass is 9.98. The van der Waals surface area contributed by atoms with Gasteiger partial charge in [0, 0.05) is 19.8 Å². The fourth-order valence-corrected chi connectivity index (χ4v) is 5.20. The number of hydrogen-bond donors (Lipinski definition) is 1. The van der Waals surface area contributed by atoms with Crippen molar-refractivity contribution in [3.8, 4) is 11.1 Å². The summed E-state index contributed by atoms with van der Waals surface area (Å²) in [7, 11) is 0. The average Bonchev–Trinajstić information content (AvgIpc) is 3.44. The van der Waals surface area contributed by atoms with Gasteiger partial charge in [0.1, 0.15) is 25.4 Å². The van der Waals surface area contributed by atoms with Gasteiger partial charge < -0.3 is 29.0 Å². The zero-order valence-electron chi connectivity index (χ0n) is 22.5. The lowest BCUT2D eigenvalue weighted by Crippen LogP contribution is -2.51. The Bertz CT molecular complexity index is 1390. The molecule has 1 aliphatic carbocycles. The molecule has 5 rings (SSSR count). The summed E-state index contributed by atoms with van der Waals surface area (Å²) in [5.41, 5.74) is 4.58. The van der Waals surface area contributed by atoms with E-state index >= 15 is 0 Å². The first kappa shape index (κ1) is 27.9. The topological polar surface area (TPSA) is 126 Å². The molecule has 0 unspecified atom stereocenters. The summed E-state index contributed by atoms with van der Waals surface area (Å²) < 4.78 is 27.4. The zero-order chi connectivity index (χ0) is 28.9. The molecule has 4 atom stereocenters. The number of carbonyl (C=O) groups is 4. The van der Waals surface area contributed by atoms with E-state index < -0.39 is 48.5 Å². The van der Waals surface area contributed by atoms with Gasteiger partial charge in [-0.2, -0.15) is 0 Å². The van der Waals surface area contributed by atoms with Crippen LogP contribution in [0.3, 0.4) is 0 Å². The molecule has 3 aromatic carbocycles. The lowest BCUT2D eigenvalue weighted by molar-refractivity contribution is -0.195. The predicted molar refractivity (Wildman–Crippen MR) is 145 cm³/mol. The number of nitrogens with one attached hydrogen (secondary N) is 1. The molecule has 0 bridgehead atoms. The van der Waals surface area contributed by atoms with E-state index in [9.17, 15) is 19.2 Å². The van der Waals surface area contributed by atoms with Gasteiger partial charge in [0.15, 0.2) is 6.10 Å². The van der Waals surface area contributed by atoms with Crippen molar-refractivity contribution < 1.29 is 42.9 Å². The van der Waals surface area contributed by atoms with Gasteiger partial charge in [-0.25, -0.2) is 9.59 Å². The van der Waals surface area contributed by atoms with E-state index in [0.29, 0.717) is 5.56 Å². The van der Waals surface area contributed by atoms with Crippen LogP contribution in [0.2, 0.25) is 0 Å². The van der Waals surface area contributed by atoms with Crippen LogP contribution in [-0.4, -0.2) is 61.8 Å². The SMILES string of the molecule is CC(=O)O[C@H]1O[C@@H](COC(=O)c2ccccc2)[C@H](NC(=O)OCC2c3ccccc3-c3ccccc32)[C@@H]1OC(C)=O. The minimum Gasteiger partial charge on any atom is -0.459 e. The average molecular weight is 560 g/mol. The Morgan fingerprint density at radius 2 is 1.32 bits per heavy atom. The molecule has 1 fully saturated rings. The highest BCUT2D eigenvalue weighted by Crippen LogP contribution is 2.44. The third-order valence-corrected chi connectivity index (χ3v) is 6.93. The Morgan fingerprint density at radius 3 is 1.93 bits per heavy atom. The van der Waals surface area contributed by atoms with Crippen LogP contribution in [0.1, 0.15) is 41.3 Å². The van der Waals surface area contributed by atoms with E-state index in [0.717, 1.165) is 22.3 Å². The highest BCUT2D eigenvalue weighted by molar-refractivity contribution is 5.89. The molecule has 1 saturated heterocycles. The number of esters is 3. The van der Waals surface area contributed by atoms with E-state index in [1.54, 1.807) is 30.3 Å². The number of carbonyl (C=O) groups excluding carboxylic acids is 4. The molecule has 0 spiro atoms. The van der Waals surface area contributed by atoms with Gasteiger partial charge in [-0.3, -0.25) is 9.59 Å². The third-order valence-electron chi connectivity index (χ3n) is 6.93. The molecule has 10 heteroatoms. The molecule has 0 radical (unpaired) electrons. The normalized spacial score (nSPS) is 20.8. The van der Waals surface area contributed by atoms with Crippen molar-refractivity contribution >= 4 is 24.0 Å². The molecule has 1 N–H and O–H groups in total. The van der Waals surface area contributed by atoms with Crippen LogP contribution in [0, 0.1) is 0 Å². The van der Waals surface area contributed by atoms with Gasteiger partial charge in [0.05, 0.1) is 5.56 Å². The smallest absolute Gasteiger partial charge is 0.407 e. The molecule has 1 aliphatic heterocycles. The summed E-state index contributed by atoms with van der Waals surface area (Å²) in [5.74, 6) is -2.16. The van der Waals surface area contributed by atoms with E-state index in [4.69, 9.17) is 23.7 Å². The molecule has 1 heterocycles. The lowest BCUT2D eigenvalue weighted by Gasteiger charge is -2.24. The van der Waals surface area contributed by atoms with Crippen LogP contribution in [-0.2, 0) is 33.3 Å². The molecule has 212 valence electrons. The number of hydrogen-bond acceptors (Lipinski definition) is 9. The molecule has 0 saturated carbocycles. The monoisotopic (exact) mass is 559 g/mol. The summed E-state index contributed by atoms with van der Waals surface area (Å²) in [6.07, 6.45) is -4.37. The Hall–Kier alpha value is -4.70. The minimum absolute atomic E-state index is 0.0483. The van der Waals surface area contributed by atoms with Gasteiger partial charge in [-0.15, -0.1) is 0 Å². The van der Waals surface area contributed by atoms with E-state index in [1.165, 1.54) is 13.8 Å². The van der Waals surface area contributed by atoms with E-state index in [1.807, 2.05) is 48.5 Å². The molecule has 10 nitrogen and oxygen atoms in total. The first-order chi connectivity index (χ1) is 19.8. The molecule has 1 amide bonds. The highest BCUT2D eigenvalue weighted by Gasteiger charge is 2.50. The Morgan fingerprint density at radius 1 is 0.732 bits per heavy atom. The van der Waals surface area contributed by atoms with E-state index in [-0.39, 0.29) is 19.1 Å². The summed E-state index contributed by atoms with van der Waals surface area (Å²) >= 11 is 0. The van der Waals surface area contributed by atoms with Crippen molar-refractivity contribution in [3.63, 3.8) is 0 Å². The van der Waals surface area contributed by atoms with Crippen LogP contribution >= 0.6 is 0 Å². The van der Waals surface area contributed by atoms with Crippen molar-refractivity contribution in [2.24, 2.45) is 0 Å². The second-order valence-electron chi connectivity index (χ2n) is 9.69. The number of benzene rings is 3. The second kappa shape index (κ2) is 12.2. The van der Waals surface area contributed by atoms with Gasteiger partial charge >= 0.3 is 24.0 Å². The number of amides is 1. The van der Waals surface area contributed by atoms with Gasteiger partial charge in [-0.1, -0.05) is 66.7 Å². The van der Waals surface area contributed by atoms with Crippen LogP contribution < -0.4 is 5.32 Å². The molecule has 2 aliphatic rings. The fourth-order valence-electron chi connectivity index (χ4n) is 5.20. The molecular weight excluding hydrogens is 530 g/mol. The van der Waals surface area contributed by atoms with Crippen LogP contribution in [0.25, 0.3) is 11.1 Å². The van der Waals surface area contributed by atoms with Crippen molar-refractivity contribution in [1.82, 2.24) is 5.32 Å². The highest BCUT2D eigenvalue weighted by atomic mass is 16.7. The minimum atomic E-state index is -1.34. The van der Waals surface area contributed by atoms with Crippen LogP contribution in [0.15, 0.2) is 78.9 Å². The quantitative estimate of drug-likeness (QED) is 0.322. The summed E-state index contributed by atoms with van der Waals surface area (Å²) in [5, 5.41) is 2.68. The Labute approximate surface area is 236 Å². The number of ether oxygens (including phenoxy) is 5. The number of fused-ring (bicyclic) bond motifs is 3. The summed E-state index contributed by atoms with van der Waals surface area (Å²) in [6, 6.07) is 23.1. The predicted octanol–water partition coefficient (Wildman–Crippen LogP) is 3.97. The summed E-state index contributed by atoms with van der Waals surface area (Å²) in [4.78, 5) is 49.3. The Kier molecular flexibility index (Phi) is 8.30. The molecule has 0 aromatic heterocycles. The standard InChI is InChI=1S/C31H29NO9/c1-18(33)39-28-27(26(41-30(28)40-19(2)34)17-37-29(35)20-10-4-3-5-11-20)32-31(36)38-16-25-23-14-8-6-12-21(23)22-13-7-9-15-24(22)25/h3-15,25-28,30H,16-17H2,1-2H3,(H,32,36)/t26-,27-,28-,30-/m0/s1. The molecule has 3 aromatic rings. The first-order valence-electron chi connectivity index (χ1n) is 13.2. The number of rotatable bonds is 8. The van der Waals surface area contributed by atoms with Gasteiger partial charge in [-0.05, 0) is 34.4 Å². The van der Waals surface area contributed by atoms with Crippen LogP contribution in [0.5, 0.6) is 0 Å². The van der Waals surface area contributed by atoms with Gasteiger partial charge in [0.2, 0.25) is 6.29 Å². The third kappa shape index (κ3) is 6.22.